The molecule has 14 heavy (non-hydrogen) atoms. The molecule has 0 aromatic carbocycles. The van der Waals surface area contributed by atoms with Crippen molar-refractivity contribution in [1.29, 1.82) is 0 Å². The van der Waals surface area contributed by atoms with E-state index in [1.807, 2.05) is 0 Å². The van der Waals surface area contributed by atoms with E-state index in [2.05, 4.69) is 14.9 Å². The van der Waals surface area contributed by atoms with E-state index < -0.39 is 6.04 Å². The first-order valence-corrected chi connectivity index (χ1v) is 4.84. The zero-order valence-electron chi connectivity index (χ0n) is 7.77. The molecule has 1 heterocycles. The van der Waals surface area contributed by atoms with Crippen molar-refractivity contribution in [1.82, 2.24) is 9.59 Å². The summed E-state index contributed by atoms with van der Waals surface area (Å²) in [5.74, 6) is -0.242. The first-order chi connectivity index (χ1) is 6.74. The van der Waals surface area contributed by atoms with Gasteiger partial charge in [-0.2, -0.15) is 0 Å². The van der Waals surface area contributed by atoms with Gasteiger partial charge in [0.15, 0.2) is 0 Å². The Kier molecular flexibility index (Phi) is 4.44. The summed E-state index contributed by atoms with van der Waals surface area (Å²) in [7, 11) is 1.57. The number of rotatable bonds is 5. The summed E-state index contributed by atoms with van der Waals surface area (Å²) < 4.78 is 8.42. The normalized spacial score (nSPS) is 12.4. The molecule has 0 saturated carbocycles. The van der Waals surface area contributed by atoms with E-state index >= 15 is 0 Å². The van der Waals surface area contributed by atoms with E-state index in [0.717, 1.165) is 11.5 Å². The number of carbonyl (C=O) groups excluding carboxylic acids is 1. The molecule has 0 fully saturated rings. The molecule has 1 amide bonds. The summed E-state index contributed by atoms with van der Waals surface area (Å²) in [6.07, 6.45) is 1.97. The van der Waals surface area contributed by atoms with Gasteiger partial charge in [-0.15, -0.1) is 5.10 Å². The van der Waals surface area contributed by atoms with E-state index in [0.29, 0.717) is 18.0 Å². The van der Waals surface area contributed by atoms with Crippen LogP contribution >= 0.6 is 11.5 Å². The number of nitrogens with two attached hydrogens (primary N) is 1. The van der Waals surface area contributed by atoms with Crippen LogP contribution in [0.5, 0.6) is 0 Å². The van der Waals surface area contributed by atoms with E-state index in [1.165, 1.54) is 6.20 Å². The monoisotopic (exact) mass is 216 g/mol. The highest BCUT2D eigenvalue weighted by Crippen LogP contribution is 2.09. The van der Waals surface area contributed by atoms with Crippen molar-refractivity contribution in [2.24, 2.45) is 5.73 Å². The molecule has 0 aliphatic heterocycles. The zero-order valence-corrected chi connectivity index (χ0v) is 8.58. The molecule has 0 aliphatic rings. The second kappa shape index (κ2) is 5.63. The molecule has 1 aromatic heterocycles. The summed E-state index contributed by atoms with van der Waals surface area (Å²) in [6.45, 7) is 0.468. The Labute approximate surface area is 85.6 Å². The minimum absolute atomic E-state index is 0.242. The summed E-state index contributed by atoms with van der Waals surface area (Å²) >= 11 is 1.11. The number of methoxy groups -OCH3 is 1. The molecule has 0 bridgehead atoms. The van der Waals surface area contributed by atoms with Gasteiger partial charge in [0.2, 0.25) is 5.91 Å². The third kappa shape index (κ3) is 3.36. The maximum absolute atomic E-state index is 11.4. The molecule has 7 heteroatoms. The average Bonchev–Trinajstić information content (AvgIpc) is 2.66. The lowest BCUT2D eigenvalue weighted by molar-refractivity contribution is -0.117. The Morgan fingerprint density at radius 3 is 3.21 bits per heavy atom. The topological polar surface area (TPSA) is 90.1 Å². The Balaban J connectivity index is 2.34. The number of aromatic nitrogens is 2. The Bertz CT molecular complexity index is 277. The summed E-state index contributed by atoms with van der Waals surface area (Å²) in [6, 6.07) is -0.558. The number of anilines is 1. The summed E-state index contributed by atoms with van der Waals surface area (Å²) in [5.41, 5.74) is 5.59. The van der Waals surface area contributed by atoms with E-state index in [4.69, 9.17) is 10.5 Å². The van der Waals surface area contributed by atoms with Gasteiger partial charge in [-0.3, -0.25) is 4.79 Å². The Hall–Kier alpha value is -1.05. The van der Waals surface area contributed by atoms with Crippen LogP contribution in [0.4, 0.5) is 5.00 Å². The molecule has 1 unspecified atom stereocenters. The van der Waals surface area contributed by atoms with Gasteiger partial charge >= 0.3 is 0 Å². The lowest BCUT2D eigenvalue weighted by Crippen LogP contribution is -2.36. The summed E-state index contributed by atoms with van der Waals surface area (Å²) in [4.78, 5) is 11.4. The van der Waals surface area contributed by atoms with Crippen LogP contribution in [-0.2, 0) is 9.53 Å². The first-order valence-electron chi connectivity index (χ1n) is 4.06. The van der Waals surface area contributed by atoms with Gasteiger partial charge in [-0.05, 0) is 6.42 Å². The molecule has 1 atom stereocenters. The molecule has 1 rings (SSSR count). The predicted octanol–water partition coefficient (Wildman–Crippen LogP) is -0.160. The quantitative estimate of drug-likeness (QED) is 0.713. The van der Waals surface area contributed by atoms with E-state index in [9.17, 15) is 4.79 Å². The van der Waals surface area contributed by atoms with Gasteiger partial charge in [0.05, 0.1) is 12.2 Å². The maximum Gasteiger partial charge on any atom is 0.242 e. The minimum Gasteiger partial charge on any atom is -0.385 e. The molecule has 0 saturated heterocycles. The fourth-order valence-corrected chi connectivity index (χ4v) is 1.24. The van der Waals surface area contributed by atoms with Crippen molar-refractivity contribution >= 4 is 22.4 Å². The van der Waals surface area contributed by atoms with Crippen LogP contribution < -0.4 is 11.1 Å². The van der Waals surface area contributed by atoms with Crippen molar-refractivity contribution in [3.05, 3.63) is 6.20 Å². The van der Waals surface area contributed by atoms with E-state index in [-0.39, 0.29) is 5.91 Å². The van der Waals surface area contributed by atoms with Gasteiger partial charge in [-0.25, -0.2) is 0 Å². The maximum atomic E-state index is 11.4. The first kappa shape index (κ1) is 11.0. The number of carbonyl (C=O) groups is 1. The average molecular weight is 216 g/mol. The molecule has 0 aliphatic carbocycles. The van der Waals surface area contributed by atoms with Crippen LogP contribution in [0.3, 0.4) is 0 Å². The fraction of sp³-hybridized carbons (Fsp3) is 0.571. The lowest BCUT2D eigenvalue weighted by atomic mass is 10.2. The second-order valence-electron chi connectivity index (χ2n) is 2.66. The largest absolute Gasteiger partial charge is 0.385 e. The highest BCUT2D eigenvalue weighted by molar-refractivity contribution is 7.10. The molecule has 78 valence electrons. The third-order valence-electron chi connectivity index (χ3n) is 1.58. The van der Waals surface area contributed by atoms with Crippen LogP contribution in [0.2, 0.25) is 0 Å². The molecule has 0 radical (unpaired) electrons. The zero-order chi connectivity index (χ0) is 10.4. The number of hydrogen-bond donors (Lipinski definition) is 2. The third-order valence-corrected chi connectivity index (χ3v) is 2.16. The van der Waals surface area contributed by atoms with Crippen molar-refractivity contribution in [3.8, 4) is 0 Å². The molecular formula is C7H12N4O2S. The van der Waals surface area contributed by atoms with Gasteiger partial charge in [-0.1, -0.05) is 4.49 Å². The van der Waals surface area contributed by atoms with Crippen molar-refractivity contribution in [2.45, 2.75) is 12.5 Å². The van der Waals surface area contributed by atoms with Crippen LogP contribution in [-0.4, -0.2) is 35.3 Å². The number of ether oxygens (including phenoxy) is 1. The smallest absolute Gasteiger partial charge is 0.242 e. The molecular weight excluding hydrogens is 204 g/mol. The molecule has 0 spiro atoms. The standard InChI is InChI=1S/C7H12N4O2S/c1-13-3-2-5(8)7(12)10-6-4-9-11-14-6/h4-5H,2-3,8H2,1H3,(H,10,12). The number of nitrogens with zero attached hydrogens (tertiary/aromatic N) is 2. The van der Waals surface area contributed by atoms with Gasteiger partial charge in [0.25, 0.3) is 0 Å². The van der Waals surface area contributed by atoms with Gasteiger partial charge in [0, 0.05) is 25.2 Å². The highest BCUT2D eigenvalue weighted by Gasteiger charge is 2.13. The van der Waals surface area contributed by atoms with E-state index in [1.54, 1.807) is 7.11 Å². The molecule has 1 aromatic rings. The van der Waals surface area contributed by atoms with Crippen LogP contribution in [0.25, 0.3) is 0 Å². The van der Waals surface area contributed by atoms with Crippen LogP contribution in [0.1, 0.15) is 6.42 Å². The second-order valence-corrected chi connectivity index (χ2v) is 3.44. The van der Waals surface area contributed by atoms with Gasteiger partial charge in [0.1, 0.15) is 5.00 Å². The van der Waals surface area contributed by atoms with Crippen molar-refractivity contribution < 1.29 is 9.53 Å². The van der Waals surface area contributed by atoms with Crippen LogP contribution in [0.15, 0.2) is 6.20 Å². The highest BCUT2D eigenvalue weighted by atomic mass is 32.1. The summed E-state index contributed by atoms with van der Waals surface area (Å²) in [5, 5.41) is 6.79. The minimum atomic E-state index is -0.558. The number of hydrogen-bond acceptors (Lipinski definition) is 6. The Morgan fingerprint density at radius 2 is 2.64 bits per heavy atom. The molecule has 3 N–H and O–H groups in total. The van der Waals surface area contributed by atoms with Crippen LogP contribution in [0, 0.1) is 0 Å². The fourth-order valence-electron chi connectivity index (χ4n) is 0.812. The number of nitrogens with one attached hydrogen (secondary N) is 1. The van der Waals surface area contributed by atoms with Crippen molar-refractivity contribution in [2.75, 3.05) is 19.0 Å². The van der Waals surface area contributed by atoms with Gasteiger partial charge < -0.3 is 15.8 Å². The number of amides is 1. The molecule has 6 nitrogen and oxygen atoms in total. The SMILES string of the molecule is COCCC(N)C(=O)Nc1cnns1. The lowest BCUT2D eigenvalue weighted by Gasteiger charge is -2.09. The Morgan fingerprint density at radius 1 is 1.86 bits per heavy atom. The predicted molar refractivity (Wildman–Crippen MR) is 53.0 cm³/mol. The van der Waals surface area contributed by atoms with Crippen molar-refractivity contribution in [3.63, 3.8) is 0 Å².